The number of piperidine rings is 1. The van der Waals surface area contributed by atoms with Crippen molar-refractivity contribution in [3.8, 4) is 0 Å². The molecule has 0 saturated carbocycles. The molecule has 0 aromatic heterocycles. The van der Waals surface area contributed by atoms with Gasteiger partial charge in [0.15, 0.2) is 0 Å². The molecule has 1 fully saturated rings. The Morgan fingerprint density at radius 2 is 1.84 bits per heavy atom. The van der Waals surface area contributed by atoms with E-state index in [0.717, 1.165) is 16.8 Å². The van der Waals surface area contributed by atoms with Crippen LogP contribution in [0.5, 0.6) is 0 Å². The van der Waals surface area contributed by atoms with Gasteiger partial charge < -0.3 is 4.74 Å². The first-order valence-corrected chi connectivity index (χ1v) is 12.1. The number of nitrogens with zero attached hydrogens (tertiary/aromatic N) is 2. The predicted molar refractivity (Wildman–Crippen MR) is 129 cm³/mol. The summed E-state index contributed by atoms with van der Waals surface area (Å²) in [6.45, 7) is 10.1. The quantitative estimate of drug-likeness (QED) is 0.513. The number of para-hydroxylation sites is 1. The molecule has 0 N–H and O–H groups in total. The Morgan fingerprint density at radius 1 is 1.25 bits per heavy atom. The minimum Gasteiger partial charge on any atom is -0.444 e. The van der Waals surface area contributed by atoms with Gasteiger partial charge in [0, 0.05) is 24.7 Å². The maximum Gasteiger partial charge on any atom is 0.414 e. The Bertz CT molecular complexity index is 935. The van der Waals surface area contributed by atoms with Crippen molar-refractivity contribution in [2.24, 2.45) is 0 Å². The number of allylic oxidation sites excluding steroid dienone is 3. The van der Waals surface area contributed by atoms with Crippen LogP contribution in [0, 0.1) is 6.92 Å². The summed E-state index contributed by atoms with van der Waals surface area (Å²) >= 11 is 5.01. The smallest absolute Gasteiger partial charge is 0.414 e. The molecule has 32 heavy (non-hydrogen) atoms. The SMILES string of the molecule is C/C=C/Cl.C=C/C(=C\C)S(=O)(=O)N1CCC(N2C(=O)OCc3cccc(C)c32)CC1.CF. The number of carbonyl (C=O) groups excluding carboxylic acids is 1. The van der Waals surface area contributed by atoms with Crippen molar-refractivity contribution in [3.63, 3.8) is 0 Å². The second kappa shape index (κ2) is 13.4. The van der Waals surface area contributed by atoms with Gasteiger partial charge in [-0.05, 0) is 50.8 Å². The first-order chi connectivity index (χ1) is 15.3. The summed E-state index contributed by atoms with van der Waals surface area (Å²) in [4.78, 5) is 14.4. The van der Waals surface area contributed by atoms with Crippen LogP contribution in [0.1, 0.15) is 37.8 Å². The summed E-state index contributed by atoms with van der Waals surface area (Å²) in [5.74, 6) is 0. The molecule has 0 spiro atoms. The van der Waals surface area contributed by atoms with Crippen molar-refractivity contribution in [1.29, 1.82) is 0 Å². The van der Waals surface area contributed by atoms with Gasteiger partial charge in [0.1, 0.15) is 6.61 Å². The molecule has 0 unspecified atom stereocenters. The minimum absolute atomic E-state index is 0.0770. The molecule has 6 nitrogen and oxygen atoms in total. The number of carbonyl (C=O) groups is 1. The summed E-state index contributed by atoms with van der Waals surface area (Å²) in [5, 5.41) is 0. The van der Waals surface area contributed by atoms with E-state index in [1.165, 1.54) is 15.9 Å². The second-order valence-corrected chi connectivity index (χ2v) is 9.19. The third-order valence-corrected chi connectivity index (χ3v) is 7.44. The van der Waals surface area contributed by atoms with Crippen LogP contribution >= 0.6 is 11.6 Å². The Morgan fingerprint density at radius 3 is 2.34 bits per heavy atom. The van der Waals surface area contributed by atoms with Crippen LogP contribution in [0.2, 0.25) is 0 Å². The van der Waals surface area contributed by atoms with Crippen LogP contribution < -0.4 is 4.90 Å². The van der Waals surface area contributed by atoms with E-state index in [-0.39, 0.29) is 23.6 Å². The number of hydrogen-bond acceptors (Lipinski definition) is 4. The van der Waals surface area contributed by atoms with Gasteiger partial charge in [-0.3, -0.25) is 9.29 Å². The van der Waals surface area contributed by atoms with E-state index in [0.29, 0.717) is 33.1 Å². The molecule has 0 aliphatic carbocycles. The first-order valence-electron chi connectivity index (χ1n) is 10.2. The van der Waals surface area contributed by atoms with Crippen molar-refractivity contribution in [3.05, 3.63) is 64.6 Å². The predicted octanol–water partition coefficient (Wildman–Crippen LogP) is 5.68. The largest absolute Gasteiger partial charge is 0.444 e. The number of cyclic esters (lactones) is 1. The lowest BCUT2D eigenvalue weighted by molar-refractivity contribution is 0.135. The number of sulfonamides is 1. The van der Waals surface area contributed by atoms with E-state index in [9.17, 15) is 17.6 Å². The fourth-order valence-electron chi connectivity index (χ4n) is 3.67. The Labute approximate surface area is 196 Å². The standard InChI is InChI=1S/C19H24N2O4S.C3H5Cl.CH3F/c1-4-17(5-2)26(23,24)20-11-9-16(10-12-20)21-18-14(3)7-6-8-15(18)13-25-19(21)22;1-2-3-4;1-2/h4-8,16H,1,9-13H2,2-3H3;2-3H,1H3;1H3/b17-5+;3-2+;. The highest BCUT2D eigenvalue weighted by Gasteiger charge is 2.37. The molecule has 2 aliphatic rings. The van der Waals surface area contributed by atoms with Crippen molar-refractivity contribution in [2.45, 2.75) is 46.3 Å². The lowest BCUT2D eigenvalue weighted by Gasteiger charge is -2.40. The van der Waals surface area contributed by atoms with Crippen LogP contribution in [0.15, 0.2) is 53.4 Å². The summed E-state index contributed by atoms with van der Waals surface area (Å²) in [5.41, 5.74) is 4.39. The number of rotatable bonds is 4. The highest BCUT2D eigenvalue weighted by atomic mass is 35.5. The monoisotopic (exact) mass is 486 g/mol. The normalized spacial score (nSPS) is 17.5. The van der Waals surface area contributed by atoms with Crippen molar-refractivity contribution in [2.75, 3.05) is 25.2 Å². The maximum atomic E-state index is 12.6. The molecule has 0 atom stereocenters. The number of anilines is 1. The molecule has 2 heterocycles. The van der Waals surface area contributed by atoms with Crippen LogP contribution in [-0.2, 0) is 21.4 Å². The van der Waals surface area contributed by atoms with Gasteiger partial charge in [-0.2, -0.15) is 4.31 Å². The number of fused-ring (bicyclic) bond motifs is 1. The number of alkyl halides is 1. The zero-order valence-electron chi connectivity index (χ0n) is 19.1. The number of hydrogen-bond donors (Lipinski definition) is 0. The van der Waals surface area contributed by atoms with Crippen molar-refractivity contribution >= 4 is 33.4 Å². The van der Waals surface area contributed by atoms with E-state index < -0.39 is 10.0 Å². The molecule has 178 valence electrons. The van der Waals surface area contributed by atoms with E-state index in [2.05, 4.69) is 6.58 Å². The van der Waals surface area contributed by atoms with E-state index in [1.807, 2.05) is 32.0 Å². The van der Waals surface area contributed by atoms with Crippen LogP contribution in [0.25, 0.3) is 0 Å². The molecule has 0 radical (unpaired) electrons. The molecule has 1 aromatic rings. The molecular formula is C23H32ClFN2O4S. The number of benzene rings is 1. The lowest BCUT2D eigenvalue weighted by atomic mass is 10.00. The number of halogens is 2. The van der Waals surface area contributed by atoms with Gasteiger partial charge in [-0.15, -0.1) is 0 Å². The number of aryl methyl sites for hydroxylation is 1. The van der Waals surface area contributed by atoms with Gasteiger partial charge in [-0.1, -0.05) is 48.5 Å². The molecule has 1 saturated heterocycles. The highest BCUT2D eigenvalue weighted by molar-refractivity contribution is 7.93. The third-order valence-electron chi connectivity index (χ3n) is 5.15. The zero-order valence-corrected chi connectivity index (χ0v) is 20.6. The van der Waals surface area contributed by atoms with Crippen molar-refractivity contribution in [1.82, 2.24) is 4.31 Å². The Hall–Kier alpha value is -2.16. The van der Waals surface area contributed by atoms with E-state index in [1.54, 1.807) is 24.0 Å². The van der Waals surface area contributed by atoms with Gasteiger partial charge >= 0.3 is 6.09 Å². The molecular weight excluding hydrogens is 455 g/mol. The van der Waals surface area contributed by atoms with Gasteiger partial charge in [-0.25, -0.2) is 13.2 Å². The van der Waals surface area contributed by atoms with E-state index >= 15 is 0 Å². The molecule has 1 amide bonds. The lowest BCUT2D eigenvalue weighted by Crippen LogP contribution is -2.50. The third kappa shape index (κ3) is 6.43. The minimum atomic E-state index is -3.52. The highest BCUT2D eigenvalue weighted by Crippen LogP contribution is 2.35. The second-order valence-electron chi connectivity index (χ2n) is 7.00. The first kappa shape index (κ1) is 27.9. The topological polar surface area (TPSA) is 66.9 Å². The molecule has 0 bridgehead atoms. The summed E-state index contributed by atoms with van der Waals surface area (Å²) in [6, 6.07) is 5.82. The van der Waals surface area contributed by atoms with Gasteiger partial charge in [0.05, 0.1) is 17.8 Å². The Kier molecular flexibility index (Phi) is 11.7. The van der Waals surface area contributed by atoms with Crippen molar-refractivity contribution < 1.29 is 22.3 Å². The molecule has 9 heteroatoms. The zero-order chi connectivity index (χ0) is 24.3. The Balaban J connectivity index is 0.000000769. The molecule has 2 aliphatic heterocycles. The molecule has 3 rings (SSSR count). The van der Waals surface area contributed by atoms with E-state index in [4.69, 9.17) is 16.3 Å². The maximum absolute atomic E-state index is 12.6. The van der Waals surface area contributed by atoms with Crippen LogP contribution in [-0.4, -0.2) is 45.1 Å². The summed E-state index contributed by atoms with van der Waals surface area (Å²) < 4.78 is 41.5. The van der Waals surface area contributed by atoms with Crippen LogP contribution in [0.4, 0.5) is 14.9 Å². The summed E-state index contributed by atoms with van der Waals surface area (Å²) in [6.07, 6.45) is 5.46. The van der Waals surface area contributed by atoms with Gasteiger partial charge in [0.2, 0.25) is 10.0 Å². The number of amides is 1. The fourth-order valence-corrected chi connectivity index (χ4v) is 5.17. The van der Waals surface area contributed by atoms with Crippen LogP contribution in [0.3, 0.4) is 0 Å². The summed E-state index contributed by atoms with van der Waals surface area (Å²) in [7, 11) is -3.02. The van der Waals surface area contributed by atoms with Gasteiger partial charge in [0.25, 0.3) is 0 Å². The molecule has 1 aromatic carbocycles. The number of ether oxygens (including phenoxy) is 1. The average Bonchev–Trinajstić information content (AvgIpc) is 2.82. The average molecular weight is 487 g/mol. The fraction of sp³-hybridized carbons (Fsp3) is 0.435.